The fourth-order valence-electron chi connectivity index (χ4n) is 1.56. The molecule has 1 N–H and O–H groups in total. The molecule has 18 heavy (non-hydrogen) atoms. The molecule has 1 aromatic carbocycles. The lowest BCUT2D eigenvalue weighted by Gasteiger charge is -2.04. The number of amides is 1. The number of ether oxygens (including phenoxy) is 1. The molecule has 0 saturated carbocycles. The minimum atomic E-state index is -0.132. The molecule has 1 fully saturated rings. The molecular formula is C12H11BrN2O2S. The monoisotopic (exact) mass is 326 g/mol. The van der Waals surface area contributed by atoms with Gasteiger partial charge in [-0.3, -0.25) is 9.69 Å². The summed E-state index contributed by atoms with van der Waals surface area (Å²) >= 11 is 8.40. The fourth-order valence-corrected chi connectivity index (χ4v) is 2.31. The molecule has 0 unspecified atom stereocenters. The van der Waals surface area contributed by atoms with Crippen LogP contribution in [0.1, 0.15) is 5.56 Å². The maximum atomic E-state index is 11.8. The van der Waals surface area contributed by atoms with Crippen molar-refractivity contribution in [2.45, 2.75) is 0 Å². The molecule has 1 heterocycles. The van der Waals surface area contributed by atoms with E-state index in [4.69, 9.17) is 17.0 Å². The van der Waals surface area contributed by atoms with Gasteiger partial charge in [0.05, 0.1) is 11.6 Å². The Hall–Kier alpha value is -1.40. The third-order valence-electron chi connectivity index (χ3n) is 2.57. The van der Waals surface area contributed by atoms with Crippen LogP contribution in [0.3, 0.4) is 0 Å². The summed E-state index contributed by atoms with van der Waals surface area (Å²) in [6.07, 6.45) is 1.75. The lowest BCUT2D eigenvalue weighted by molar-refractivity contribution is -0.121. The van der Waals surface area contributed by atoms with Crippen molar-refractivity contribution in [1.29, 1.82) is 0 Å². The minimum Gasteiger partial charge on any atom is -0.496 e. The van der Waals surface area contributed by atoms with Crippen LogP contribution in [0.25, 0.3) is 6.08 Å². The molecule has 94 valence electrons. The third kappa shape index (κ3) is 2.39. The summed E-state index contributed by atoms with van der Waals surface area (Å²) in [5, 5.41) is 3.29. The van der Waals surface area contributed by atoms with E-state index in [1.54, 1.807) is 20.2 Å². The highest BCUT2D eigenvalue weighted by Gasteiger charge is 2.26. The van der Waals surface area contributed by atoms with E-state index in [0.29, 0.717) is 10.8 Å². The second kappa shape index (κ2) is 5.07. The molecule has 0 aromatic heterocycles. The van der Waals surface area contributed by atoms with Crippen LogP contribution >= 0.6 is 28.1 Å². The standard InChI is InChI=1S/C12H11BrN2O2S/c1-15-11(16)9(14-12(15)18)6-7-3-4-10(17-2)8(13)5-7/h3-6H,1-2H3,(H,14,18)/b9-6+. The molecule has 1 saturated heterocycles. The number of likely N-dealkylation sites (N-methyl/N-ethyl adjacent to an activating group) is 1. The van der Waals surface area contributed by atoms with Crippen LogP contribution in [-0.2, 0) is 4.79 Å². The van der Waals surface area contributed by atoms with Crippen molar-refractivity contribution in [2.75, 3.05) is 14.2 Å². The Morgan fingerprint density at radius 3 is 2.72 bits per heavy atom. The van der Waals surface area contributed by atoms with E-state index < -0.39 is 0 Å². The Kier molecular flexibility index (Phi) is 3.68. The summed E-state index contributed by atoms with van der Waals surface area (Å²) in [4.78, 5) is 13.2. The maximum Gasteiger partial charge on any atom is 0.276 e. The zero-order chi connectivity index (χ0) is 13.3. The third-order valence-corrected chi connectivity index (χ3v) is 3.56. The second-order valence-corrected chi connectivity index (χ2v) is 4.99. The highest BCUT2D eigenvalue weighted by Crippen LogP contribution is 2.26. The van der Waals surface area contributed by atoms with Crippen LogP contribution in [0.5, 0.6) is 5.75 Å². The lowest BCUT2D eigenvalue weighted by atomic mass is 10.2. The number of methoxy groups -OCH3 is 1. The topological polar surface area (TPSA) is 41.6 Å². The molecule has 0 aliphatic carbocycles. The van der Waals surface area contributed by atoms with Crippen molar-refractivity contribution in [1.82, 2.24) is 10.2 Å². The summed E-state index contributed by atoms with van der Waals surface area (Å²) in [6.45, 7) is 0. The van der Waals surface area contributed by atoms with Crippen LogP contribution in [0.4, 0.5) is 0 Å². The first kappa shape index (κ1) is 13.0. The van der Waals surface area contributed by atoms with E-state index in [-0.39, 0.29) is 5.91 Å². The van der Waals surface area contributed by atoms with E-state index in [9.17, 15) is 4.79 Å². The Morgan fingerprint density at radius 1 is 1.50 bits per heavy atom. The molecule has 1 aromatic rings. The summed E-state index contributed by atoms with van der Waals surface area (Å²) < 4.78 is 5.98. The lowest BCUT2D eigenvalue weighted by Crippen LogP contribution is -2.25. The van der Waals surface area contributed by atoms with Gasteiger partial charge in [-0.15, -0.1) is 0 Å². The molecule has 4 nitrogen and oxygen atoms in total. The van der Waals surface area contributed by atoms with E-state index in [0.717, 1.165) is 15.8 Å². The number of nitrogens with one attached hydrogen (secondary N) is 1. The van der Waals surface area contributed by atoms with E-state index in [2.05, 4.69) is 21.2 Å². The number of nitrogens with zero attached hydrogens (tertiary/aromatic N) is 1. The molecule has 0 radical (unpaired) electrons. The number of benzene rings is 1. The van der Waals surface area contributed by atoms with Crippen LogP contribution in [0.15, 0.2) is 28.4 Å². The highest BCUT2D eigenvalue weighted by atomic mass is 79.9. The first-order valence-electron chi connectivity index (χ1n) is 5.17. The van der Waals surface area contributed by atoms with Gasteiger partial charge in [-0.2, -0.15) is 0 Å². The molecule has 0 atom stereocenters. The highest BCUT2D eigenvalue weighted by molar-refractivity contribution is 9.10. The molecular weight excluding hydrogens is 316 g/mol. The predicted octanol–water partition coefficient (Wildman–Crippen LogP) is 2.15. The Balaban J connectivity index is 2.32. The summed E-state index contributed by atoms with van der Waals surface area (Å²) in [6, 6.07) is 5.58. The molecule has 0 spiro atoms. The van der Waals surface area contributed by atoms with Gasteiger partial charge in [-0.25, -0.2) is 0 Å². The number of halogens is 1. The number of carbonyl (C=O) groups excluding carboxylic acids is 1. The van der Waals surface area contributed by atoms with E-state index >= 15 is 0 Å². The van der Waals surface area contributed by atoms with Crippen LogP contribution in [-0.4, -0.2) is 30.1 Å². The van der Waals surface area contributed by atoms with Gasteiger partial charge >= 0.3 is 0 Å². The minimum absolute atomic E-state index is 0.132. The molecule has 1 aliphatic rings. The van der Waals surface area contributed by atoms with Gasteiger partial charge in [0.1, 0.15) is 11.4 Å². The number of rotatable bonds is 2. The molecule has 6 heteroatoms. The van der Waals surface area contributed by atoms with Gasteiger partial charge in [0.2, 0.25) is 0 Å². The number of hydrogen-bond donors (Lipinski definition) is 1. The zero-order valence-corrected chi connectivity index (χ0v) is 12.3. The largest absolute Gasteiger partial charge is 0.496 e. The quantitative estimate of drug-likeness (QED) is 0.668. The van der Waals surface area contributed by atoms with Gasteiger partial charge in [-0.05, 0) is 51.9 Å². The summed E-state index contributed by atoms with van der Waals surface area (Å²) in [5.41, 5.74) is 1.36. The normalized spacial score (nSPS) is 17.3. The van der Waals surface area contributed by atoms with E-state index in [1.165, 1.54) is 4.90 Å². The van der Waals surface area contributed by atoms with Crippen LogP contribution < -0.4 is 10.1 Å². The zero-order valence-electron chi connectivity index (χ0n) is 9.86. The second-order valence-electron chi connectivity index (χ2n) is 3.75. The maximum absolute atomic E-state index is 11.8. The molecule has 1 amide bonds. The van der Waals surface area contributed by atoms with Crippen molar-refractivity contribution >= 4 is 45.2 Å². The number of hydrogen-bond acceptors (Lipinski definition) is 3. The average Bonchev–Trinajstić information content (AvgIpc) is 2.57. The Bertz CT molecular complexity index is 557. The van der Waals surface area contributed by atoms with Gasteiger partial charge in [-0.1, -0.05) is 6.07 Å². The Morgan fingerprint density at radius 2 is 2.22 bits per heavy atom. The average molecular weight is 327 g/mol. The molecule has 1 aliphatic heterocycles. The summed E-state index contributed by atoms with van der Waals surface area (Å²) in [7, 11) is 3.25. The Labute approximate surface area is 119 Å². The van der Waals surface area contributed by atoms with Gasteiger partial charge in [0.15, 0.2) is 5.11 Å². The molecule has 0 bridgehead atoms. The SMILES string of the molecule is COc1ccc(/C=C2/NC(=S)N(C)C2=O)cc1Br. The van der Waals surface area contributed by atoms with Crippen molar-refractivity contribution in [3.05, 3.63) is 33.9 Å². The predicted molar refractivity (Wildman–Crippen MR) is 77.2 cm³/mol. The fraction of sp³-hybridized carbons (Fsp3) is 0.167. The van der Waals surface area contributed by atoms with Crippen molar-refractivity contribution in [3.63, 3.8) is 0 Å². The van der Waals surface area contributed by atoms with Crippen LogP contribution in [0, 0.1) is 0 Å². The van der Waals surface area contributed by atoms with Gasteiger partial charge in [0.25, 0.3) is 5.91 Å². The summed E-state index contributed by atoms with van der Waals surface area (Å²) in [5.74, 6) is 0.613. The number of carbonyl (C=O) groups is 1. The van der Waals surface area contributed by atoms with E-state index in [1.807, 2.05) is 18.2 Å². The number of thiocarbonyl (C=S) groups is 1. The molecule has 2 rings (SSSR count). The van der Waals surface area contributed by atoms with Crippen molar-refractivity contribution in [2.24, 2.45) is 0 Å². The van der Waals surface area contributed by atoms with Gasteiger partial charge in [0, 0.05) is 7.05 Å². The smallest absolute Gasteiger partial charge is 0.276 e. The van der Waals surface area contributed by atoms with Gasteiger partial charge < -0.3 is 10.1 Å². The van der Waals surface area contributed by atoms with Crippen molar-refractivity contribution in [3.8, 4) is 5.75 Å². The first-order valence-corrected chi connectivity index (χ1v) is 6.37. The van der Waals surface area contributed by atoms with Crippen molar-refractivity contribution < 1.29 is 9.53 Å². The first-order chi connectivity index (χ1) is 8.52. The van der Waals surface area contributed by atoms with Crippen LogP contribution in [0.2, 0.25) is 0 Å².